The van der Waals surface area contributed by atoms with Gasteiger partial charge in [0.05, 0.1) is 27.6 Å². The van der Waals surface area contributed by atoms with Crippen LogP contribution in [0.15, 0.2) is 28.1 Å². The standard InChI is InChI=1S/C15H15BrClNOS/c1-19-9-5-6-11(17)13(7-9)18-12-3-2-4-14-10(12)8-15(16)20-14/h5-8,12,18H,2-4H2,1H3. The molecule has 1 heterocycles. The predicted octanol–water partition coefficient (Wildman–Crippen LogP) is 5.66. The third-order valence-electron chi connectivity index (χ3n) is 3.59. The zero-order chi connectivity index (χ0) is 14.1. The molecule has 3 rings (SSSR count). The lowest BCUT2D eigenvalue weighted by atomic mass is 9.94. The van der Waals surface area contributed by atoms with Crippen molar-refractivity contribution in [3.8, 4) is 5.75 Å². The number of methoxy groups -OCH3 is 1. The summed E-state index contributed by atoms with van der Waals surface area (Å²) in [5, 5.41) is 4.30. The first-order valence-corrected chi connectivity index (χ1v) is 8.54. The molecular formula is C15H15BrClNOS. The predicted molar refractivity (Wildman–Crippen MR) is 89.3 cm³/mol. The number of ether oxygens (including phenoxy) is 1. The number of fused-ring (bicyclic) bond motifs is 1. The molecule has 20 heavy (non-hydrogen) atoms. The Kier molecular flexibility index (Phi) is 4.24. The highest BCUT2D eigenvalue weighted by atomic mass is 79.9. The molecule has 106 valence electrons. The number of thiophene rings is 1. The Morgan fingerprint density at radius 1 is 1.40 bits per heavy atom. The Morgan fingerprint density at radius 2 is 2.25 bits per heavy atom. The van der Waals surface area contributed by atoms with E-state index < -0.39 is 0 Å². The van der Waals surface area contributed by atoms with E-state index in [2.05, 4.69) is 27.3 Å². The van der Waals surface area contributed by atoms with E-state index in [0.717, 1.165) is 22.9 Å². The molecule has 1 aromatic heterocycles. The maximum atomic E-state index is 6.28. The van der Waals surface area contributed by atoms with Crippen molar-refractivity contribution < 1.29 is 4.74 Å². The lowest BCUT2D eigenvalue weighted by Crippen LogP contribution is -2.15. The highest BCUT2D eigenvalue weighted by Crippen LogP contribution is 2.40. The Morgan fingerprint density at radius 3 is 3.05 bits per heavy atom. The number of aryl methyl sites for hydroxylation is 1. The highest BCUT2D eigenvalue weighted by Gasteiger charge is 2.23. The molecule has 1 N–H and O–H groups in total. The van der Waals surface area contributed by atoms with Crippen LogP contribution < -0.4 is 10.1 Å². The quantitative estimate of drug-likeness (QED) is 0.750. The Labute approximate surface area is 136 Å². The van der Waals surface area contributed by atoms with E-state index in [1.54, 1.807) is 7.11 Å². The number of hydrogen-bond acceptors (Lipinski definition) is 3. The second kappa shape index (κ2) is 5.96. The highest BCUT2D eigenvalue weighted by molar-refractivity contribution is 9.11. The largest absolute Gasteiger partial charge is 0.497 e. The SMILES string of the molecule is COc1ccc(Cl)c(NC2CCCc3sc(Br)cc32)c1. The number of anilines is 1. The van der Waals surface area contributed by atoms with Crippen LogP contribution in [-0.2, 0) is 6.42 Å². The first-order chi connectivity index (χ1) is 9.67. The molecule has 2 aromatic rings. The van der Waals surface area contributed by atoms with Crippen LogP contribution in [0.4, 0.5) is 5.69 Å². The molecule has 0 fully saturated rings. The summed E-state index contributed by atoms with van der Waals surface area (Å²) in [5.74, 6) is 0.819. The first-order valence-electron chi connectivity index (χ1n) is 6.55. The minimum absolute atomic E-state index is 0.325. The summed E-state index contributed by atoms with van der Waals surface area (Å²) in [4.78, 5) is 1.47. The maximum Gasteiger partial charge on any atom is 0.121 e. The second-order valence-electron chi connectivity index (χ2n) is 4.86. The van der Waals surface area contributed by atoms with Crippen LogP contribution in [0, 0.1) is 0 Å². The monoisotopic (exact) mass is 371 g/mol. The van der Waals surface area contributed by atoms with Gasteiger partial charge < -0.3 is 10.1 Å². The number of halogens is 2. The fourth-order valence-corrected chi connectivity index (χ4v) is 4.59. The summed E-state index contributed by atoms with van der Waals surface area (Å²) in [6.45, 7) is 0. The van der Waals surface area contributed by atoms with E-state index in [4.69, 9.17) is 16.3 Å². The molecule has 0 saturated carbocycles. The van der Waals surface area contributed by atoms with Crippen LogP contribution in [0.5, 0.6) is 5.75 Å². The van der Waals surface area contributed by atoms with Gasteiger partial charge in [0, 0.05) is 10.9 Å². The zero-order valence-corrected chi connectivity index (χ0v) is 14.2. The minimum Gasteiger partial charge on any atom is -0.497 e. The smallest absolute Gasteiger partial charge is 0.121 e. The van der Waals surface area contributed by atoms with Gasteiger partial charge in [-0.15, -0.1) is 11.3 Å². The van der Waals surface area contributed by atoms with Gasteiger partial charge in [-0.2, -0.15) is 0 Å². The van der Waals surface area contributed by atoms with E-state index in [-0.39, 0.29) is 0 Å². The first kappa shape index (κ1) is 14.2. The fraction of sp³-hybridized carbons (Fsp3) is 0.333. The van der Waals surface area contributed by atoms with Crippen molar-refractivity contribution in [1.82, 2.24) is 0 Å². The van der Waals surface area contributed by atoms with Crippen molar-refractivity contribution in [2.45, 2.75) is 25.3 Å². The third kappa shape index (κ3) is 2.83. The van der Waals surface area contributed by atoms with Gasteiger partial charge in [-0.1, -0.05) is 11.6 Å². The lowest BCUT2D eigenvalue weighted by molar-refractivity contribution is 0.415. The number of nitrogens with one attached hydrogen (secondary N) is 1. The van der Waals surface area contributed by atoms with Gasteiger partial charge in [-0.3, -0.25) is 0 Å². The number of rotatable bonds is 3. The summed E-state index contributed by atoms with van der Waals surface area (Å²) in [6.07, 6.45) is 3.51. The average molecular weight is 373 g/mol. The molecule has 0 radical (unpaired) electrons. The van der Waals surface area contributed by atoms with E-state index >= 15 is 0 Å². The molecule has 0 aliphatic heterocycles. The van der Waals surface area contributed by atoms with Crippen LogP contribution in [0.25, 0.3) is 0 Å². The second-order valence-corrected chi connectivity index (χ2v) is 7.79. The molecular weight excluding hydrogens is 358 g/mol. The zero-order valence-electron chi connectivity index (χ0n) is 11.1. The van der Waals surface area contributed by atoms with Gasteiger partial charge in [0.25, 0.3) is 0 Å². The van der Waals surface area contributed by atoms with Crippen molar-refractivity contribution in [3.63, 3.8) is 0 Å². The van der Waals surface area contributed by atoms with Crippen LogP contribution in [0.2, 0.25) is 5.02 Å². The summed E-state index contributed by atoms with van der Waals surface area (Å²) in [6, 6.07) is 8.26. The van der Waals surface area contributed by atoms with E-state index in [1.807, 2.05) is 29.5 Å². The molecule has 1 atom stereocenters. The van der Waals surface area contributed by atoms with Crippen molar-refractivity contribution in [2.75, 3.05) is 12.4 Å². The Hall–Kier alpha value is -0.710. The number of hydrogen-bond donors (Lipinski definition) is 1. The molecule has 0 amide bonds. The van der Waals surface area contributed by atoms with Crippen LogP contribution in [-0.4, -0.2) is 7.11 Å². The van der Waals surface area contributed by atoms with E-state index in [9.17, 15) is 0 Å². The molecule has 5 heteroatoms. The van der Waals surface area contributed by atoms with Crippen molar-refractivity contribution in [3.05, 3.63) is 43.5 Å². The molecule has 0 saturated heterocycles. The Balaban J connectivity index is 1.88. The minimum atomic E-state index is 0.325. The molecule has 1 unspecified atom stereocenters. The number of benzene rings is 1. The maximum absolute atomic E-state index is 6.28. The average Bonchev–Trinajstić information content (AvgIpc) is 2.82. The summed E-state index contributed by atoms with van der Waals surface area (Å²) in [5.41, 5.74) is 2.33. The molecule has 1 aliphatic rings. The molecule has 1 aromatic carbocycles. The van der Waals surface area contributed by atoms with Gasteiger partial charge in [0.1, 0.15) is 5.75 Å². The van der Waals surface area contributed by atoms with Crippen molar-refractivity contribution in [1.29, 1.82) is 0 Å². The lowest BCUT2D eigenvalue weighted by Gasteiger charge is -2.25. The topological polar surface area (TPSA) is 21.3 Å². The van der Waals surface area contributed by atoms with E-state index in [0.29, 0.717) is 6.04 Å². The summed E-state index contributed by atoms with van der Waals surface area (Å²) < 4.78 is 6.47. The summed E-state index contributed by atoms with van der Waals surface area (Å²) in [7, 11) is 1.67. The van der Waals surface area contributed by atoms with Crippen molar-refractivity contribution >= 4 is 44.6 Å². The van der Waals surface area contributed by atoms with Crippen molar-refractivity contribution in [2.24, 2.45) is 0 Å². The van der Waals surface area contributed by atoms with Crippen LogP contribution in [0.1, 0.15) is 29.3 Å². The van der Waals surface area contributed by atoms with Gasteiger partial charge in [0.15, 0.2) is 0 Å². The molecule has 0 spiro atoms. The van der Waals surface area contributed by atoms with Crippen LogP contribution >= 0.6 is 38.9 Å². The third-order valence-corrected chi connectivity index (χ3v) is 5.63. The van der Waals surface area contributed by atoms with Gasteiger partial charge in [-0.05, 0) is 59.0 Å². The van der Waals surface area contributed by atoms with Gasteiger partial charge in [0.2, 0.25) is 0 Å². The van der Waals surface area contributed by atoms with Gasteiger partial charge >= 0.3 is 0 Å². The molecule has 0 bridgehead atoms. The molecule has 1 aliphatic carbocycles. The van der Waals surface area contributed by atoms with Gasteiger partial charge in [-0.25, -0.2) is 0 Å². The normalized spacial score (nSPS) is 17.6. The summed E-state index contributed by atoms with van der Waals surface area (Å²) >= 11 is 11.7. The van der Waals surface area contributed by atoms with Crippen LogP contribution in [0.3, 0.4) is 0 Å². The van der Waals surface area contributed by atoms with E-state index in [1.165, 1.54) is 27.1 Å². The molecule has 2 nitrogen and oxygen atoms in total. The fourth-order valence-electron chi connectivity index (χ4n) is 2.60. The Bertz CT molecular complexity index is 628.